The van der Waals surface area contributed by atoms with Crippen molar-refractivity contribution in [2.24, 2.45) is 0 Å². The van der Waals surface area contributed by atoms with Crippen molar-refractivity contribution in [1.29, 1.82) is 0 Å². The van der Waals surface area contributed by atoms with E-state index in [1.54, 1.807) is 39.1 Å². The first-order chi connectivity index (χ1) is 19.6. The monoisotopic (exact) mass is 554 g/mol. The zero-order valence-electron chi connectivity index (χ0n) is 23.5. The van der Waals surface area contributed by atoms with Crippen LogP contribution in [-0.4, -0.2) is 34.5 Å². The number of amides is 3. The minimum Gasteiger partial charge on any atom is -0.444 e. The summed E-state index contributed by atoms with van der Waals surface area (Å²) < 4.78 is 5.41. The van der Waals surface area contributed by atoms with Crippen LogP contribution in [0.3, 0.4) is 0 Å². The van der Waals surface area contributed by atoms with Crippen LogP contribution < -0.4 is 26.8 Å². The molecule has 3 heterocycles. The van der Waals surface area contributed by atoms with Gasteiger partial charge in [-0.3, -0.25) is 20.0 Å². The van der Waals surface area contributed by atoms with Crippen molar-refractivity contribution in [3.63, 3.8) is 0 Å². The second kappa shape index (κ2) is 11.3. The van der Waals surface area contributed by atoms with Crippen molar-refractivity contribution in [1.82, 2.24) is 21.2 Å². The van der Waals surface area contributed by atoms with Crippen LogP contribution in [0.1, 0.15) is 66.0 Å². The largest absolute Gasteiger partial charge is 0.444 e. The van der Waals surface area contributed by atoms with E-state index < -0.39 is 23.6 Å². The second-order valence-corrected chi connectivity index (χ2v) is 11.2. The van der Waals surface area contributed by atoms with Gasteiger partial charge in [-0.1, -0.05) is 36.4 Å². The molecule has 1 unspecified atom stereocenters. The van der Waals surface area contributed by atoms with Crippen LogP contribution in [-0.2, 0) is 16.0 Å². The standard InChI is InChI=1S/C31H34N6O4/c1-18-10-12-20(16-32-18)27-23-17-33-37-28(38)22-14-21(15-25(35-27)26(22)23)34-29(39)24(36-30(40)41-31(2,3)4)13-11-19-8-6-5-7-9-19/h5-10,12,14-17,24,27,33,35H,11,13H2,1-4H3,(H,34,39)(H,36,40)(H,37,38)/t24-,27?/m1/s1. The van der Waals surface area contributed by atoms with Crippen LogP contribution >= 0.6 is 0 Å². The number of anilines is 2. The van der Waals surface area contributed by atoms with E-state index in [0.717, 1.165) is 28.0 Å². The molecule has 212 valence electrons. The fourth-order valence-electron chi connectivity index (χ4n) is 4.91. The average molecular weight is 555 g/mol. The molecule has 0 saturated heterocycles. The molecule has 2 atom stereocenters. The Morgan fingerprint density at radius 3 is 2.59 bits per heavy atom. The fraction of sp³-hybridized carbons (Fsp3) is 0.290. The Bertz CT molecular complexity index is 1500. The van der Waals surface area contributed by atoms with E-state index >= 15 is 0 Å². The number of hydrazine groups is 1. The predicted octanol–water partition coefficient (Wildman–Crippen LogP) is 4.61. The summed E-state index contributed by atoms with van der Waals surface area (Å²) in [6, 6.07) is 16.0. The number of carbonyl (C=O) groups is 3. The maximum absolute atomic E-state index is 13.5. The van der Waals surface area contributed by atoms with Crippen molar-refractivity contribution in [2.45, 2.75) is 58.2 Å². The molecule has 5 rings (SSSR count). The highest BCUT2D eigenvalue weighted by atomic mass is 16.6. The molecule has 41 heavy (non-hydrogen) atoms. The first kappa shape index (κ1) is 27.7. The van der Waals surface area contributed by atoms with Crippen LogP contribution in [0.4, 0.5) is 16.2 Å². The lowest BCUT2D eigenvalue weighted by Gasteiger charge is -2.23. The van der Waals surface area contributed by atoms with Crippen LogP contribution in [0.15, 0.2) is 67.0 Å². The third-order valence-electron chi connectivity index (χ3n) is 6.80. The van der Waals surface area contributed by atoms with Crippen molar-refractivity contribution < 1.29 is 19.1 Å². The number of hydrogen-bond acceptors (Lipinski definition) is 7. The van der Waals surface area contributed by atoms with Crippen LogP contribution in [0.25, 0.3) is 5.57 Å². The Morgan fingerprint density at radius 1 is 1.10 bits per heavy atom. The summed E-state index contributed by atoms with van der Waals surface area (Å²) in [4.78, 5) is 43.6. The van der Waals surface area contributed by atoms with Crippen molar-refractivity contribution in [3.05, 3.63) is 94.9 Å². The SMILES string of the molecule is Cc1ccc(C2Nc3cc(NC(=O)[C@@H](CCc4ccccc4)NC(=O)OC(C)(C)C)cc4c3C2=CNNC4=O)cn1. The van der Waals surface area contributed by atoms with Gasteiger partial charge in [-0.05, 0) is 69.9 Å². The summed E-state index contributed by atoms with van der Waals surface area (Å²) in [5.41, 5.74) is 10.9. The summed E-state index contributed by atoms with van der Waals surface area (Å²) in [5.74, 6) is -0.750. The van der Waals surface area contributed by atoms with E-state index in [4.69, 9.17) is 4.74 Å². The third kappa shape index (κ3) is 6.49. The molecule has 0 spiro atoms. The van der Waals surface area contributed by atoms with E-state index in [1.165, 1.54) is 0 Å². The van der Waals surface area contributed by atoms with Gasteiger partial charge in [0.2, 0.25) is 5.91 Å². The number of benzene rings is 2. The van der Waals surface area contributed by atoms with Gasteiger partial charge in [0.05, 0.1) is 11.6 Å². The molecule has 0 saturated carbocycles. The Hall–Kier alpha value is -4.86. The van der Waals surface area contributed by atoms with Gasteiger partial charge in [0.1, 0.15) is 11.6 Å². The average Bonchev–Trinajstić information content (AvgIpc) is 3.19. The summed E-state index contributed by atoms with van der Waals surface area (Å²) in [5, 5.41) is 9.11. The number of aromatic nitrogens is 1. The number of rotatable bonds is 7. The van der Waals surface area contributed by atoms with Crippen LogP contribution in [0.5, 0.6) is 0 Å². The molecule has 5 N–H and O–H groups in total. The van der Waals surface area contributed by atoms with Gasteiger partial charge in [0, 0.05) is 40.6 Å². The first-order valence-electron chi connectivity index (χ1n) is 13.5. The third-order valence-corrected chi connectivity index (χ3v) is 6.80. The lowest BCUT2D eigenvalue weighted by atomic mass is 9.94. The summed E-state index contributed by atoms with van der Waals surface area (Å²) >= 11 is 0. The lowest BCUT2D eigenvalue weighted by molar-refractivity contribution is -0.118. The molecule has 0 radical (unpaired) electrons. The van der Waals surface area contributed by atoms with Gasteiger partial charge < -0.3 is 26.1 Å². The minimum atomic E-state index is -0.872. The highest BCUT2D eigenvalue weighted by Gasteiger charge is 2.34. The topological polar surface area (TPSA) is 133 Å². The molecule has 3 amide bonds. The lowest BCUT2D eigenvalue weighted by Crippen LogP contribution is -2.46. The highest BCUT2D eigenvalue weighted by molar-refractivity contribution is 6.08. The summed E-state index contributed by atoms with van der Waals surface area (Å²) in [7, 11) is 0. The zero-order chi connectivity index (χ0) is 29.1. The molecule has 1 aromatic heterocycles. The molecule has 0 bridgehead atoms. The van der Waals surface area contributed by atoms with E-state index in [9.17, 15) is 14.4 Å². The molecule has 0 fully saturated rings. The summed E-state index contributed by atoms with van der Waals surface area (Å²) in [6.45, 7) is 7.22. The predicted molar refractivity (Wildman–Crippen MR) is 157 cm³/mol. The van der Waals surface area contributed by atoms with Crippen molar-refractivity contribution in [2.75, 3.05) is 10.6 Å². The molecule has 10 heteroatoms. The maximum atomic E-state index is 13.5. The molecule has 0 aliphatic carbocycles. The molecule has 3 aromatic rings. The number of nitrogens with zero attached hydrogens (tertiary/aromatic N) is 1. The molecule has 2 aromatic carbocycles. The van der Waals surface area contributed by atoms with Gasteiger partial charge in [-0.15, -0.1) is 0 Å². The number of hydrogen-bond donors (Lipinski definition) is 5. The van der Waals surface area contributed by atoms with Gasteiger partial charge in [-0.25, -0.2) is 4.79 Å². The molecule has 10 nitrogen and oxygen atoms in total. The Morgan fingerprint density at radius 2 is 1.88 bits per heavy atom. The van der Waals surface area contributed by atoms with Gasteiger partial charge in [0.15, 0.2) is 0 Å². The number of aryl methyl sites for hydroxylation is 2. The molecular weight excluding hydrogens is 520 g/mol. The second-order valence-electron chi connectivity index (χ2n) is 11.2. The van der Waals surface area contributed by atoms with Gasteiger partial charge >= 0.3 is 6.09 Å². The molecular formula is C31H34N6O4. The number of carbonyl (C=O) groups excluding carboxylic acids is 3. The number of nitrogens with one attached hydrogen (secondary N) is 5. The van der Waals surface area contributed by atoms with Crippen LogP contribution in [0, 0.1) is 6.92 Å². The van der Waals surface area contributed by atoms with E-state index in [2.05, 4.69) is 31.8 Å². The Labute approximate surface area is 238 Å². The normalized spacial score (nSPS) is 16.1. The zero-order valence-corrected chi connectivity index (χ0v) is 23.5. The van der Waals surface area contributed by atoms with Gasteiger partial charge in [0.25, 0.3) is 5.91 Å². The van der Waals surface area contributed by atoms with Crippen molar-refractivity contribution in [3.8, 4) is 0 Å². The van der Waals surface area contributed by atoms with E-state index in [0.29, 0.717) is 29.8 Å². The first-order valence-corrected chi connectivity index (χ1v) is 13.5. The smallest absolute Gasteiger partial charge is 0.408 e. The quantitative estimate of drug-likeness (QED) is 0.288. The maximum Gasteiger partial charge on any atom is 0.408 e. The molecule has 2 aliphatic rings. The Kier molecular flexibility index (Phi) is 7.65. The highest BCUT2D eigenvalue weighted by Crippen LogP contribution is 2.46. The fourth-order valence-corrected chi connectivity index (χ4v) is 4.91. The van der Waals surface area contributed by atoms with Gasteiger partial charge in [-0.2, -0.15) is 0 Å². The minimum absolute atomic E-state index is 0.240. The van der Waals surface area contributed by atoms with Crippen LogP contribution in [0.2, 0.25) is 0 Å². The number of pyridine rings is 1. The molecule has 2 aliphatic heterocycles. The van der Waals surface area contributed by atoms with Crippen molar-refractivity contribution >= 4 is 34.9 Å². The number of alkyl carbamates (subject to hydrolysis) is 1. The Balaban J connectivity index is 1.40. The summed E-state index contributed by atoms with van der Waals surface area (Å²) in [6.07, 6.45) is 3.82. The number of ether oxygens (including phenoxy) is 1. The van der Waals surface area contributed by atoms with E-state index in [1.807, 2.05) is 55.6 Å². The van der Waals surface area contributed by atoms with E-state index in [-0.39, 0.29) is 11.9 Å².